The van der Waals surface area contributed by atoms with Crippen molar-refractivity contribution >= 4 is 17.4 Å². The fourth-order valence-electron chi connectivity index (χ4n) is 2.04. The van der Waals surface area contributed by atoms with E-state index in [4.69, 9.17) is 0 Å². The molecule has 0 saturated carbocycles. The fourth-order valence-corrected chi connectivity index (χ4v) is 2.04. The third-order valence-corrected chi connectivity index (χ3v) is 3.28. The van der Waals surface area contributed by atoms with Crippen LogP contribution < -0.4 is 10.6 Å². The number of nitrogens with one attached hydrogen (secondary N) is 2. The monoisotopic (exact) mass is 299 g/mol. The van der Waals surface area contributed by atoms with Crippen LogP contribution in [-0.4, -0.2) is 17.5 Å². The van der Waals surface area contributed by atoms with Crippen molar-refractivity contribution in [2.45, 2.75) is 13.3 Å². The number of carbonyl (C=O) groups excluding carboxylic acids is 1. The third-order valence-electron chi connectivity index (χ3n) is 3.28. The van der Waals surface area contributed by atoms with Crippen LogP contribution in [0.3, 0.4) is 0 Å². The van der Waals surface area contributed by atoms with Gasteiger partial charge in [0.1, 0.15) is 0 Å². The van der Waals surface area contributed by atoms with Crippen molar-refractivity contribution in [2.75, 3.05) is 11.9 Å². The SMILES string of the molecule is Cc1ccccc1CCNC(=O)Nc1ccc([N+](=O)[O-])cc1. The Bertz CT molecular complexity index is 669. The van der Waals surface area contributed by atoms with E-state index in [1.165, 1.54) is 35.4 Å². The number of carbonyl (C=O) groups is 1. The highest BCUT2D eigenvalue weighted by molar-refractivity contribution is 5.89. The number of rotatable bonds is 5. The molecule has 6 heteroatoms. The third kappa shape index (κ3) is 4.31. The zero-order valence-electron chi connectivity index (χ0n) is 12.2. The number of nitro groups is 1. The molecule has 0 aliphatic rings. The quantitative estimate of drug-likeness (QED) is 0.656. The molecule has 0 bridgehead atoms. The number of non-ortho nitro benzene ring substituents is 1. The van der Waals surface area contributed by atoms with E-state index in [1.54, 1.807) is 0 Å². The molecule has 6 nitrogen and oxygen atoms in total. The van der Waals surface area contributed by atoms with Gasteiger partial charge in [-0.3, -0.25) is 10.1 Å². The van der Waals surface area contributed by atoms with Gasteiger partial charge in [-0.2, -0.15) is 0 Å². The highest BCUT2D eigenvalue weighted by atomic mass is 16.6. The zero-order valence-corrected chi connectivity index (χ0v) is 12.2. The van der Waals surface area contributed by atoms with Gasteiger partial charge in [0.05, 0.1) is 4.92 Å². The van der Waals surface area contributed by atoms with Crippen LogP contribution in [0.1, 0.15) is 11.1 Å². The van der Waals surface area contributed by atoms with E-state index in [1.807, 2.05) is 31.2 Å². The Labute approximate surface area is 128 Å². The lowest BCUT2D eigenvalue weighted by Crippen LogP contribution is -2.30. The highest BCUT2D eigenvalue weighted by Gasteiger charge is 2.06. The Morgan fingerprint density at radius 1 is 1.14 bits per heavy atom. The van der Waals surface area contributed by atoms with Crippen LogP contribution in [0.4, 0.5) is 16.2 Å². The zero-order chi connectivity index (χ0) is 15.9. The van der Waals surface area contributed by atoms with Gasteiger partial charge in [-0.15, -0.1) is 0 Å². The molecule has 0 unspecified atom stereocenters. The van der Waals surface area contributed by atoms with Crippen LogP contribution in [0.25, 0.3) is 0 Å². The van der Waals surface area contributed by atoms with E-state index in [9.17, 15) is 14.9 Å². The maximum atomic E-state index is 11.8. The van der Waals surface area contributed by atoms with E-state index in [0.717, 1.165) is 6.42 Å². The molecule has 0 spiro atoms. The van der Waals surface area contributed by atoms with E-state index in [2.05, 4.69) is 10.6 Å². The van der Waals surface area contributed by atoms with Crippen molar-refractivity contribution in [1.29, 1.82) is 0 Å². The minimum absolute atomic E-state index is 0.00879. The molecule has 0 heterocycles. The Kier molecular flexibility index (Phi) is 5.08. The maximum absolute atomic E-state index is 11.8. The highest BCUT2D eigenvalue weighted by Crippen LogP contribution is 2.15. The maximum Gasteiger partial charge on any atom is 0.319 e. The smallest absolute Gasteiger partial charge is 0.319 e. The molecule has 2 aromatic rings. The van der Waals surface area contributed by atoms with Gasteiger partial charge in [-0.05, 0) is 36.6 Å². The van der Waals surface area contributed by atoms with Crippen LogP contribution in [0.15, 0.2) is 48.5 Å². The van der Waals surface area contributed by atoms with Crippen molar-refractivity contribution in [3.05, 3.63) is 69.8 Å². The first-order valence-electron chi connectivity index (χ1n) is 6.90. The standard InChI is InChI=1S/C16H17N3O3/c1-12-4-2-3-5-13(12)10-11-17-16(20)18-14-6-8-15(9-7-14)19(21)22/h2-9H,10-11H2,1H3,(H2,17,18,20). The van der Waals surface area contributed by atoms with Crippen molar-refractivity contribution in [2.24, 2.45) is 0 Å². The second-order valence-electron chi connectivity index (χ2n) is 4.86. The molecule has 0 aromatic heterocycles. The number of nitro benzene ring substituents is 1. The number of anilines is 1. The van der Waals surface area contributed by atoms with Crippen molar-refractivity contribution in [3.8, 4) is 0 Å². The van der Waals surface area contributed by atoms with Gasteiger partial charge in [0.15, 0.2) is 0 Å². The number of hydrogen-bond donors (Lipinski definition) is 2. The van der Waals surface area contributed by atoms with Gasteiger partial charge in [0, 0.05) is 24.4 Å². The first kappa shape index (κ1) is 15.5. The average Bonchev–Trinajstić information content (AvgIpc) is 2.50. The lowest BCUT2D eigenvalue weighted by atomic mass is 10.1. The summed E-state index contributed by atoms with van der Waals surface area (Å²) in [6.45, 7) is 2.55. The minimum atomic E-state index is -0.480. The van der Waals surface area contributed by atoms with Crippen LogP contribution in [0.2, 0.25) is 0 Å². The Balaban J connectivity index is 1.80. The van der Waals surface area contributed by atoms with E-state index in [0.29, 0.717) is 12.2 Å². The molecule has 0 saturated heterocycles. The number of hydrogen-bond acceptors (Lipinski definition) is 3. The van der Waals surface area contributed by atoms with E-state index >= 15 is 0 Å². The molecule has 2 aromatic carbocycles. The molecule has 2 N–H and O–H groups in total. The lowest BCUT2D eigenvalue weighted by molar-refractivity contribution is -0.384. The summed E-state index contributed by atoms with van der Waals surface area (Å²) in [5, 5.41) is 15.9. The van der Waals surface area contributed by atoms with E-state index in [-0.39, 0.29) is 11.7 Å². The van der Waals surface area contributed by atoms with E-state index < -0.39 is 4.92 Å². The normalized spacial score (nSPS) is 10.0. The van der Waals surface area contributed by atoms with Crippen molar-refractivity contribution < 1.29 is 9.72 Å². The van der Waals surface area contributed by atoms with Gasteiger partial charge in [-0.25, -0.2) is 4.79 Å². The second-order valence-corrected chi connectivity index (χ2v) is 4.86. The summed E-state index contributed by atoms with van der Waals surface area (Å²) < 4.78 is 0. The van der Waals surface area contributed by atoms with Crippen LogP contribution >= 0.6 is 0 Å². The van der Waals surface area contributed by atoms with Crippen LogP contribution in [-0.2, 0) is 6.42 Å². The molecule has 114 valence electrons. The molecule has 0 radical (unpaired) electrons. The Morgan fingerprint density at radius 2 is 1.82 bits per heavy atom. The molecule has 22 heavy (non-hydrogen) atoms. The summed E-state index contributed by atoms with van der Waals surface area (Å²) in [6, 6.07) is 13.4. The van der Waals surface area contributed by atoms with Gasteiger partial charge in [-0.1, -0.05) is 24.3 Å². The van der Waals surface area contributed by atoms with Crippen LogP contribution in [0, 0.1) is 17.0 Å². The fraction of sp³-hybridized carbons (Fsp3) is 0.188. The Morgan fingerprint density at radius 3 is 2.45 bits per heavy atom. The molecule has 0 atom stereocenters. The Hall–Kier alpha value is -2.89. The summed E-state index contributed by atoms with van der Waals surface area (Å²) in [4.78, 5) is 21.8. The molecular formula is C16H17N3O3. The topological polar surface area (TPSA) is 84.3 Å². The van der Waals surface area contributed by atoms with Gasteiger partial charge >= 0.3 is 6.03 Å². The summed E-state index contributed by atoms with van der Waals surface area (Å²) in [5.74, 6) is 0. The molecule has 2 rings (SSSR count). The van der Waals surface area contributed by atoms with Crippen LogP contribution in [0.5, 0.6) is 0 Å². The summed E-state index contributed by atoms with van der Waals surface area (Å²) in [5.41, 5.74) is 2.89. The van der Waals surface area contributed by atoms with Crippen molar-refractivity contribution in [1.82, 2.24) is 5.32 Å². The largest absolute Gasteiger partial charge is 0.338 e. The predicted octanol–water partition coefficient (Wildman–Crippen LogP) is 3.27. The van der Waals surface area contributed by atoms with Gasteiger partial charge < -0.3 is 10.6 Å². The number of nitrogens with zero attached hydrogens (tertiary/aromatic N) is 1. The summed E-state index contributed by atoms with van der Waals surface area (Å²) >= 11 is 0. The van der Waals surface area contributed by atoms with Gasteiger partial charge in [0.2, 0.25) is 0 Å². The van der Waals surface area contributed by atoms with Gasteiger partial charge in [0.25, 0.3) is 5.69 Å². The minimum Gasteiger partial charge on any atom is -0.338 e. The molecule has 0 aliphatic carbocycles. The first-order chi connectivity index (χ1) is 10.6. The molecule has 0 fully saturated rings. The molecule has 2 amide bonds. The van der Waals surface area contributed by atoms with Crippen molar-refractivity contribution in [3.63, 3.8) is 0 Å². The number of benzene rings is 2. The summed E-state index contributed by atoms with van der Waals surface area (Å²) in [7, 11) is 0. The average molecular weight is 299 g/mol. The first-order valence-corrected chi connectivity index (χ1v) is 6.90. The number of amides is 2. The molecule has 0 aliphatic heterocycles. The predicted molar refractivity (Wildman–Crippen MR) is 85.0 cm³/mol. The number of aryl methyl sites for hydroxylation is 1. The molecular weight excluding hydrogens is 282 g/mol. The number of urea groups is 1. The lowest BCUT2D eigenvalue weighted by Gasteiger charge is -2.09. The second kappa shape index (κ2) is 7.21. The summed E-state index contributed by atoms with van der Waals surface area (Å²) in [6.07, 6.45) is 0.750.